The number of aryl methyl sites for hydroxylation is 1. The first-order valence-electron chi connectivity index (χ1n) is 10.0. The second-order valence-corrected chi connectivity index (χ2v) is 8.34. The van der Waals surface area contributed by atoms with Crippen LogP contribution in [0.25, 0.3) is 17.4 Å². The monoisotopic (exact) mass is 488 g/mol. The molecule has 0 saturated heterocycles. The van der Waals surface area contributed by atoms with Crippen LogP contribution in [0, 0.1) is 25.2 Å². The average Bonchev–Trinajstić information content (AvgIpc) is 3.36. The fourth-order valence-electron chi connectivity index (χ4n) is 3.06. The number of benzene rings is 1. The molecular formula is C24H19F3N2O4S. The smallest absolute Gasteiger partial charge is 0.416 e. The molecule has 1 amide bonds. The third-order valence-electron chi connectivity index (χ3n) is 4.84. The van der Waals surface area contributed by atoms with Gasteiger partial charge in [-0.3, -0.25) is 4.79 Å². The Morgan fingerprint density at radius 3 is 2.62 bits per heavy atom. The summed E-state index contributed by atoms with van der Waals surface area (Å²) in [4.78, 5) is 25.8. The van der Waals surface area contributed by atoms with Crippen molar-refractivity contribution in [1.82, 2.24) is 0 Å². The maximum absolute atomic E-state index is 13.0. The van der Waals surface area contributed by atoms with Crippen LogP contribution in [0.2, 0.25) is 0 Å². The first-order valence-corrected chi connectivity index (χ1v) is 10.8. The molecule has 0 atom stereocenters. The van der Waals surface area contributed by atoms with Gasteiger partial charge in [0.2, 0.25) is 0 Å². The second-order valence-electron chi connectivity index (χ2n) is 7.11. The summed E-state index contributed by atoms with van der Waals surface area (Å²) in [5, 5.41) is 12.3. The molecule has 3 rings (SSSR count). The maximum Gasteiger partial charge on any atom is 0.416 e. The zero-order valence-corrected chi connectivity index (χ0v) is 19.2. The molecule has 0 unspecified atom stereocenters. The van der Waals surface area contributed by atoms with Crippen LogP contribution in [-0.2, 0) is 15.7 Å². The van der Waals surface area contributed by atoms with Crippen molar-refractivity contribution in [2.45, 2.75) is 26.9 Å². The van der Waals surface area contributed by atoms with Gasteiger partial charge in [0.15, 0.2) is 0 Å². The number of furan rings is 1. The van der Waals surface area contributed by atoms with Crippen molar-refractivity contribution < 1.29 is 31.9 Å². The van der Waals surface area contributed by atoms with E-state index in [0.29, 0.717) is 5.56 Å². The number of thiophene rings is 1. The predicted molar refractivity (Wildman–Crippen MR) is 121 cm³/mol. The van der Waals surface area contributed by atoms with Crippen LogP contribution < -0.4 is 5.32 Å². The Morgan fingerprint density at radius 2 is 1.97 bits per heavy atom. The molecule has 10 heteroatoms. The molecule has 2 aromatic heterocycles. The predicted octanol–water partition coefficient (Wildman–Crippen LogP) is 6.37. The Morgan fingerprint density at radius 1 is 1.24 bits per heavy atom. The molecular weight excluding hydrogens is 469 g/mol. The van der Waals surface area contributed by atoms with Crippen molar-refractivity contribution >= 4 is 34.3 Å². The number of anilines is 1. The van der Waals surface area contributed by atoms with E-state index in [1.165, 1.54) is 41.7 Å². The summed E-state index contributed by atoms with van der Waals surface area (Å²) in [5.74, 6) is -1.11. The van der Waals surface area contributed by atoms with E-state index in [1.807, 2.05) is 0 Å². The minimum atomic E-state index is -4.50. The van der Waals surface area contributed by atoms with E-state index in [0.717, 1.165) is 17.0 Å². The number of carbonyl (C=O) groups excluding carboxylic acids is 2. The van der Waals surface area contributed by atoms with Gasteiger partial charge in [0, 0.05) is 16.5 Å². The van der Waals surface area contributed by atoms with Crippen LogP contribution in [-0.4, -0.2) is 18.5 Å². The molecule has 0 aliphatic carbocycles. The van der Waals surface area contributed by atoms with Crippen LogP contribution in [0.1, 0.15) is 39.0 Å². The van der Waals surface area contributed by atoms with Gasteiger partial charge in [-0.2, -0.15) is 18.4 Å². The highest BCUT2D eigenvalue weighted by Crippen LogP contribution is 2.34. The Kier molecular flexibility index (Phi) is 7.27. The summed E-state index contributed by atoms with van der Waals surface area (Å²) in [6, 6.07) is 9.26. The lowest BCUT2D eigenvalue weighted by atomic mass is 10.1. The number of carbonyl (C=O) groups is 2. The Bertz CT molecular complexity index is 1310. The van der Waals surface area contributed by atoms with Gasteiger partial charge < -0.3 is 14.5 Å². The molecule has 0 bridgehead atoms. The average molecular weight is 488 g/mol. The van der Waals surface area contributed by atoms with E-state index in [1.54, 1.807) is 26.8 Å². The number of esters is 1. The number of ether oxygens (including phenoxy) is 1. The minimum Gasteiger partial charge on any atom is -0.462 e. The molecule has 0 saturated carbocycles. The number of nitriles is 1. The molecule has 1 aromatic carbocycles. The molecule has 0 fully saturated rings. The van der Waals surface area contributed by atoms with Crippen LogP contribution in [0.3, 0.4) is 0 Å². The van der Waals surface area contributed by atoms with Crippen molar-refractivity contribution in [3.8, 4) is 17.4 Å². The van der Waals surface area contributed by atoms with Gasteiger partial charge in [-0.05, 0) is 50.6 Å². The molecule has 3 aromatic rings. The highest BCUT2D eigenvalue weighted by Gasteiger charge is 2.30. The summed E-state index contributed by atoms with van der Waals surface area (Å²) in [6.45, 7) is 5.35. The number of halogens is 3. The summed E-state index contributed by atoms with van der Waals surface area (Å²) in [6.07, 6.45) is -3.33. The van der Waals surface area contributed by atoms with Crippen molar-refractivity contribution in [3.63, 3.8) is 0 Å². The van der Waals surface area contributed by atoms with E-state index in [2.05, 4.69) is 5.32 Å². The topological polar surface area (TPSA) is 92.3 Å². The molecule has 34 heavy (non-hydrogen) atoms. The Balaban J connectivity index is 1.86. The normalized spacial score (nSPS) is 11.7. The lowest BCUT2D eigenvalue weighted by Crippen LogP contribution is -2.16. The van der Waals surface area contributed by atoms with Crippen molar-refractivity contribution in [2.75, 3.05) is 11.9 Å². The van der Waals surface area contributed by atoms with E-state index < -0.39 is 23.6 Å². The number of rotatable bonds is 6. The molecule has 1 N–H and O–H groups in total. The third-order valence-corrected chi connectivity index (χ3v) is 5.97. The molecule has 0 aliphatic heterocycles. The second kappa shape index (κ2) is 9.97. The number of nitrogens with one attached hydrogen (secondary N) is 1. The molecule has 176 valence electrons. The highest BCUT2D eigenvalue weighted by molar-refractivity contribution is 7.16. The minimum absolute atomic E-state index is 0.100. The summed E-state index contributed by atoms with van der Waals surface area (Å²) < 4.78 is 49.5. The van der Waals surface area contributed by atoms with E-state index >= 15 is 0 Å². The lowest BCUT2D eigenvalue weighted by Gasteiger charge is -2.07. The maximum atomic E-state index is 13.0. The first kappa shape index (κ1) is 24.8. The molecule has 0 spiro atoms. The first-order chi connectivity index (χ1) is 16.0. The molecule has 0 aliphatic rings. The highest BCUT2D eigenvalue weighted by atomic mass is 32.1. The van der Waals surface area contributed by atoms with Gasteiger partial charge in [-0.1, -0.05) is 12.1 Å². The Labute approximate surface area is 197 Å². The van der Waals surface area contributed by atoms with E-state index in [9.17, 15) is 28.0 Å². The third kappa shape index (κ3) is 5.38. The lowest BCUT2D eigenvalue weighted by molar-refractivity contribution is -0.137. The zero-order chi connectivity index (χ0) is 25.0. The summed E-state index contributed by atoms with van der Waals surface area (Å²) >= 11 is 1.18. The van der Waals surface area contributed by atoms with Crippen LogP contribution in [0.4, 0.5) is 18.2 Å². The van der Waals surface area contributed by atoms with E-state index in [-0.39, 0.29) is 39.8 Å². The summed E-state index contributed by atoms with van der Waals surface area (Å²) in [7, 11) is 0. The van der Waals surface area contributed by atoms with Crippen molar-refractivity contribution in [1.29, 1.82) is 5.26 Å². The number of amides is 1. The van der Waals surface area contributed by atoms with Crippen LogP contribution in [0.5, 0.6) is 0 Å². The number of alkyl halides is 3. The standard InChI is InChI=1S/C24H19F3N2O4S/c1-4-32-23(31)20-13(2)14(3)34-22(20)29-21(30)16(12-28)11-18-8-9-19(33-18)15-6-5-7-17(10-15)24(25,26)27/h5-11H,4H2,1-3H3,(H,29,30)/b16-11+. The largest absolute Gasteiger partial charge is 0.462 e. The fourth-order valence-corrected chi connectivity index (χ4v) is 4.10. The quantitative estimate of drug-likeness (QED) is 0.247. The van der Waals surface area contributed by atoms with Gasteiger partial charge in [0.05, 0.1) is 17.7 Å². The van der Waals surface area contributed by atoms with Gasteiger partial charge >= 0.3 is 12.1 Å². The molecule has 2 heterocycles. The van der Waals surface area contributed by atoms with Gasteiger partial charge in [-0.15, -0.1) is 11.3 Å². The Hall–Kier alpha value is -3.84. The van der Waals surface area contributed by atoms with Gasteiger partial charge in [-0.25, -0.2) is 4.79 Å². The van der Waals surface area contributed by atoms with Crippen LogP contribution in [0.15, 0.2) is 46.4 Å². The van der Waals surface area contributed by atoms with Crippen LogP contribution >= 0.6 is 11.3 Å². The van der Waals surface area contributed by atoms with E-state index in [4.69, 9.17) is 9.15 Å². The summed E-state index contributed by atoms with van der Waals surface area (Å²) in [5.41, 5.74) is -0.0585. The van der Waals surface area contributed by atoms with Crippen molar-refractivity contribution in [2.24, 2.45) is 0 Å². The molecule has 0 radical (unpaired) electrons. The molecule has 6 nitrogen and oxygen atoms in total. The van der Waals surface area contributed by atoms with Crippen molar-refractivity contribution in [3.05, 3.63) is 69.3 Å². The SMILES string of the molecule is CCOC(=O)c1c(NC(=O)/C(C#N)=C/c2ccc(-c3cccc(C(F)(F)F)c3)o2)sc(C)c1C. The number of nitrogens with zero attached hydrogens (tertiary/aromatic N) is 1. The number of hydrogen-bond donors (Lipinski definition) is 1. The zero-order valence-electron chi connectivity index (χ0n) is 18.4. The van der Waals surface area contributed by atoms with Gasteiger partial charge in [0.25, 0.3) is 5.91 Å². The van der Waals surface area contributed by atoms with Gasteiger partial charge in [0.1, 0.15) is 28.2 Å². The number of hydrogen-bond acceptors (Lipinski definition) is 6. The fraction of sp³-hybridized carbons (Fsp3) is 0.208.